The molecule has 0 bridgehead atoms. The van der Waals surface area contributed by atoms with Crippen LogP contribution >= 0.6 is 0 Å². The second-order valence-corrected chi connectivity index (χ2v) is 7.00. The molecule has 0 aliphatic carbocycles. The van der Waals surface area contributed by atoms with Gasteiger partial charge in [0.2, 0.25) is 5.91 Å². The van der Waals surface area contributed by atoms with Crippen molar-refractivity contribution in [3.05, 3.63) is 70.8 Å². The number of hydrogen-bond donors (Lipinski definition) is 0. The molecule has 0 fully saturated rings. The van der Waals surface area contributed by atoms with Crippen molar-refractivity contribution in [2.45, 2.75) is 46.6 Å². The van der Waals surface area contributed by atoms with Gasteiger partial charge in [0, 0.05) is 24.0 Å². The first-order valence-electron chi connectivity index (χ1n) is 9.13. The van der Waals surface area contributed by atoms with Crippen molar-refractivity contribution in [1.29, 1.82) is 0 Å². The molecule has 1 aliphatic heterocycles. The third-order valence-electron chi connectivity index (χ3n) is 5.07. The van der Waals surface area contributed by atoms with Gasteiger partial charge < -0.3 is 4.90 Å². The van der Waals surface area contributed by atoms with E-state index in [0.717, 1.165) is 23.1 Å². The monoisotopic (exact) mass is 347 g/mol. The first kappa shape index (κ1) is 18.1. The Bertz CT molecular complexity index is 895. The van der Waals surface area contributed by atoms with E-state index in [-0.39, 0.29) is 24.5 Å². The summed E-state index contributed by atoms with van der Waals surface area (Å²) in [6, 6.07) is 12.0. The lowest BCUT2D eigenvalue weighted by Crippen LogP contribution is -2.30. The molecule has 26 heavy (non-hydrogen) atoms. The number of anilines is 1. The van der Waals surface area contributed by atoms with Crippen LogP contribution in [0.5, 0.6) is 0 Å². The zero-order valence-corrected chi connectivity index (χ0v) is 15.8. The summed E-state index contributed by atoms with van der Waals surface area (Å²) in [5.74, 6) is 0.0153. The number of amides is 1. The maximum absolute atomic E-state index is 12.9. The van der Waals surface area contributed by atoms with Gasteiger partial charge in [0.1, 0.15) is 0 Å². The highest BCUT2D eigenvalue weighted by atomic mass is 16.2. The van der Waals surface area contributed by atoms with Crippen molar-refractivity contribution in [2.75, 3.05) is 4.90 Å². The first-order valence-corrected chi connectivity index (χ1v) is 9.13. The number of benzene rings is 2. The van der Waals surface area contributed by atoms with E-state index in [2.05, 4.69) is 38.6 Å². The number of Topliss-reactive ketones (excluding diaryl/α,β-unsaturated/α-hetero) is 1. The Morgan fingerprint density at radius 3 is 2.62 bits per heavy atom. The summed E-state index contributed by atoms with van der Waals surface area (Å²) >= 11 is 0. The molecular weight excluding hydrogens is 322 g/mol. The summed E-state index contributed by atoms with van der Waals surface area (Å²) in [4.78, 5) is 27.2. The van der Waals surface area contributed by atoms with Crippen LogP contribution < -0.4 is 4.90 Å². The Kier molecular flexibility index (Phi) is 5.08. The van der Waals surface area contributed by atoms with Crippen LogP contribution in [0.2, 0.25) is 0 Å². The maximum Gasteiger partial charge on any atom is 0.227 e. The van der Waals surface area contributed by atoms with Gasteiger partial charge in [-0.2, -0.15) is 0 Å². The third kappa shape index (κ3) is 3.34. The number of nitrogens with zero attached hydrogens (tertiary/aromatic N) is 1. The van der Waals surface area contributed by atoms with E-state index in [4.69, 9.17) is 0 Å². The Morgan fingerprint density at radius 1 is 1.15 bits per heavy atom. The first-order chi connectivity index (χ1) is 12.4. The van der Waals surface area contributed by atoms with Crippen LogP contribution in [0.3, 0.4) is 0 Å². The van der Waals surface area contributed by atoms with Crippen LogP contribution in [-0.4, -0.2) is 11.7 Å². The van der Waals surface area contributed by atoms with E-state index in [0.29, 0.717) is 17.8 Å². The van der Waals surface area contributed by atoms with Crippen LogP contribution in [0, 0.1) is 6.92 Å². The SMILES string of the molecule is C=C(C)c1cccc2c1N(Cc1ccc(C)c(CC)c1)C(=O)CCC2=O. The molecular formula is C23H25NO2. The second kappa shape index (κ2) is 7.28. The van der Waals surface area contributed by atoms with Crippen molar-refractivity contribution in [1.82, 2.24) is 0 Å². The number of rotatable bonds is 4. The van der Waals surface area contributed by atoms with Gasteiger partial charge >= 0.3 is 0 Å². The normalized spacial score (nSPS) is 14.2. The predicted octanol–water partition coefficient (Wildman–Crippen LogP) is 5.10. The van der Waals surface area contributed by atoms with Crippen LogP contribution in [0.25, 0.3) is 5.57 Å². The predicted molar refractivity (Wildman–Crippen MR) is 106 cm³/mol. The van der Waals surface area contributed by atoms with Gasteiger partial charge in [-0.25, -0.2) is 0 Å². The van der Waals surface area contributed by atoms with E-state index in [9.17, 15) is 9.59 Å². The van der Waals surface area contributed by atoms with E-state index in [1.54, 1.807) is 4.90 Å². The third-order valence-corrected chi connectivity index (χ3v) is 5.07. The lowest BCUT2D eigenvalue weighted by atomic mass is 9.98. The smallest absolute Gasteiger partial charge is 0.227 e. The molecule has 1 amide bonds. The number of para-hydroxylation sites is 1. The summed E-state index contributed by atoms with van der Waals surface area (Å²) in [6.07, 6.45) is 1.46. The largest absolute Gasteiger partial charge is 0.307 e. The van der Waals surface area contributed by atoms with Crippen molar-refractivity contribution < 1.29 is 9.59 Å². The average molecular weight is 347 g/mol. The topological polar surface area (TPSA) is 37.4 Å². The summed E-state index contributed by atoms with van der Waals surface area (Å²) < 4.78 is 0. The fourth-order valence-electron chi connectivity index (χ4n) is 3.57. The summed E-state index contributed by atoms with van der Waals surface area (Å²) in [5.41, 5.74) is 6.69. The summed E-state index contributed by atoms with van der Waals surface area (Å²) in [7, 11) is 0. The fourth-order valence-corrected chi connectivity index (χ4v) is 3.57. The number of aryl methyl sites for hydroxylation is 2. The molecule has 0 N–H and O–H groups in total. The summed E-state index contributed by atoms with van der Waals surface area (Å²) in [5, 5.41) is 0. The van der Waals surface area contributed by atoms with Gasteiger partial charge in [-0.1, -0.05) is 43.8 Å². The molecule has 0 radical (unpaired) electrons. The van der Waals surface area contributed by atoms with Crippen LogP contribution in [0.4, 0.5) is 5.69 Å². The van der Waals surface area contributed by atoms with E-state index < -0.39 is 0 Å². The molecule has 0 atom stereocenters. The summed E-state index contributed by atoms with van der Waals surface area (Å²) in [6.45, 7) is 10.7. The van der Waals surface area contributed by atoms with Gasteiger partial charge in [0.25, 0.3) is 0 Å². The fraction of sp³-hybridized carbons (Fsp3) is 0.304. The van der Waals surface area contributed by atoms with Crippen molar-refractivity contribution in [3.8, 4) is 0 Å². The highest BCUT2D eigenvalue weighted by Crippen LogP contribution is 2.35. The van der Waals surface area contributed by atoms with Crippen molar-refractivity contribution in [3.63, 3.8) is 0 Å². The Hall–Kier alpha value is -2.68. The standard InChI is InChI=1S/C23H25NO2/c1-5-18-13-17(10-9-16(18)4)14-24-22(26)12-11-21(25)20-8-6-7-19(15(2)3)23(20)24/h6-10,13H,2,5,11-12,14H2,1,3-4H3. The van der Waals surface area contributed by atoms with Crippen LogP contribution in [-0.2, 0) is 17.8 Å². The molecule has 0 aromatic heterocycles. The lowest BCUT2D eigenvalue weighted by molar-refractivity contribution is -0.118. The maximum atomic E-state index is 12.9. The molecule has 134 valence electrons. The van der Waals surface area contributed by atoms with Gasteiger partial charge in [0.05, 0.1) is 12.2 Å². The number of fused-ring (bicyclic) bond motifs is 1. The minimum absolute atomic E-state index is 0.00979. The Morgan fingerprint density at radius 2 is 1.92 bits per heavy atom. The van der Waals surface area contributed by atoms with Gasteiger partial charge in [-0.3, -0.25) is 9.59 Å². The molecule has 3 heteroatoms. The number of carbonyl (C=O) groups is 2. The average Bonchev–Trinajstić information content (AvgIpc) is 2.75. The van der Waals surface area contributed by atoms with Gasteiger partial charge in [-0.05, 0) is 48.6 Å². The number of carbonyl (C=O) groups excluding carboxylic acids is 2. The van der Waals surface area contributed by atoms with E-state index >= 15 is 0 Å². The van der Waals surface area contributed by atoms with Gasteiger partial charge in [-0.15, -0.1) is 0 Å². The Labute approximate surface area is 155 Å². The molecule has 0 saturated carbocycles. The molecule has 1 heterocycles. The van der Waals surface area contributed by atoms with E-state index in [1.165, 1.54) is 11.1 Å². The van der Waals surface area contributed by atoms with Crippen LogP contribution in [0.1, 0.15) is 59.3 Å². The zero-order chi connectivity index (χ0) is 18.8. The zero-order valence-electron chi connectivity index (χ0n) is 15.8. The van der Waals surface area contributed by atoms with Crippen molar-refractivity contribution >= 4 is 23.0 Å². The highest BCUT2D eigenvalue weighted by Gasteiger charge is 2.29. The van der Waals surface area contributed by atoms with E-state index in [1.807, 2.05) is 25.1 Å². The molecule has 1 aliphatic rings. The molecule has 0 spiro atoms. The minimum Gasteiger partial charge on any atom is -0.307 e. The lowest BCUT2D eigenvalue weighted by Gasteiger charge is -2.26. The minimum atomic E-state index is -0.00979. The second-order valence-electron chi connectivity index (χ2n) is 7.00. The van der Waals surface area contributed by atoms with Gasteiger partial charge in [0.15, 0.2) is 5.78 Å². The molecule has 0 unspecified atom stereocenters. The molecule has 2 aromatic carbocycles. The Balaban J connectivity index is 2.12. The molecule has 3 nitrogen and oxygen atoms in total. The highest BCUT2D eigenvalue weighted by molar-refractivity contribution is 6.12. The molecule has 3 rings (SSSR count). The number of hydrogen-bond acceptors (Lipinski definition) is 2. The quantitative estimate of drug-likeness (QED) is 0.771. The van der Waals surface area contributed by atoms with Crippen molar-refractivity contribution in [2.24, 2.45) is 0 Å². The number of allylic oxidation sites excluding steroid dienone is 1. The molecule has 2 aromatic rings. The van der Waals surface area contributed by atoms with Crippen LogP contribution in [0.15, 0.2) is 43.0 Å². The molecule has 0 saturated heterocycles. The number of ketones is 1.